The van der Waals surface area contributed by atoms with E-state index >= 15 is 0 Å². The van der Waals surface area contributed by atoms with Crippen LogP contribution in [0.3, 0.4) is 0 Å². The van der Waals surface area contributed by atoms with Gasteiger partial charge in [0.2, 0.25) is 5.88 Å². The van der Waals surface area contributed by atoms with Crippen LogP contribution in [0.2, 0.25) is 5.02 Å². The van der Waals surface area contributed by atoms with Gasteiger partial charge >= 0.3 is 12.1 Å². The van der Waals surface area contributed by atoms with Crippen LogP contribution >= 0.6 is 11.6 Å². The van der Waals surface area contributed by atoms with Crippen LogP contribution in [0, 0.1) is 0 Å². The molecule has 1 aromatic heterocycles. The summed E-state index contributed by atoms with van der Waals surface area (Å²) in [5.74, 6) is -0.640. The van der Waals surface area contributed by atoms with Crippen molar-refractivity contribution in [2.75, 3.05) is 0 Å². The van der Waals surface area contributed by atoms with E-state index in [1.54, 1.807) is 24.3 Å². The molecule has 9 heteroatoms. The lowest BCUT2D eigenvalue weighted by Crippen LogP contribution is -2.08. The van der Waals surface area contributed by atoms with Crippen LogP contribution in [0.15, 0.2) is 60.9 Å². The molecule has 28 heavy (non-hydrogen) atoms. The highest BCUT2D eigenvalue weighted by molar-refractivity contribution is 6.31. The maximum Gasteiger partial charge on any atom is 0.433 e. The molecule has 0 unspecified atom stereocenters. The van der Waals surface area contributed by atoms with Gasteiger partial charge in [-0.15, -0.1) is 0 Å². The molecule has 0 aliphatic rings. The Morgan fingerprint density at radius 3 is 2.43 bits per heavy atom. The standard InChI is InChI=1S/C19H12ClF3N2O3/c20-15-4-2-1-3-13(15)10-27-18(26)12-5-7-14(8-6-12)28-17-9-16(19(21,22)23)24-11-25-17/h1-9,11H,10H2. The maximum atomic E-state index is 12.7. The first-order chi connectivity index (χ1) is 13.3. The molecule has 0 atom stereocenters. The fraction of sp³-hybridized carbons (Fsp3) is 0.105. The molecule has 0 N–H and O–H groups in total. The topological polar surface area (TPSA) is 61.3 Å². The van der Waals surface area contributed by atoms with E-state index in [9.17, 15) is 18.0 Å². The fourth-order valence-electron chi connectivity index (χ4n) is 2.17. The highest BCUT2D eigenvalue weighted by atomic mass is 35.5. The number of rotatable bonds is 5. The molecule has 0 radical (unpaired) electrons. The molecular formula is C19H12ClF3N2O3. The molecule has 0 saturated carbocycles. The van der Waals surface area contributed by atoms with E-state index < -0.39 is 17.8 Å². The second kappa shape index (κ2) is 8.26. The van der Waals surface area contributed by atoms with Gasteiger partial charge in [-0.05, 0) is 30.3 Å². The van der Waals surface area contributed by atoms with E-state index in [-0.39, 0.29) is 23.8 Å². The summed E-state index contributed by atoms with van der Waals surface area (Å²) in [6, 6.07) is 13.3. The van der Waals surface area contributed by atoms with Crippen molar-refractivity contribution >= 4 is 17.6 Å². The molecule has 0 aliphatic heterocycles. The van der Waals surface area contributed by atoms with Crippen molar-refractivity contribution in [3.63, 3.8) is 0 Å². The molecule has 0 spiro atoms. The van der Waals surface area contributed by atoms with Crippen molar-refractivity contribution in [2.45, 2.75) is 12.8 Å². The molecule has 0 amide bonds. The van der Waals surface area contributed by atoms with E-state index in [0.717, 1.165) is 6.33 Å². The average molecular weight is 409 g/mol. The highest BCUT2D eigenvalue weighted by Gasteiger charge is 2.33. The Morgan fingerprint density at radius 2 is 1.75 bits per heavy atom. The number of benzene rings is 2. The zero-order valence-corrected chi connectivity index (χ0v) is 14.9. The number of hydrogen-bond acceptors (Lipinski definition) is 5. The zero-order chi connectivity index (χ0) is 20.1. The molecule has 2 aromatic carbocycles. The molecule has 3 aromatic rings. The van der Waals surface area contributed by atoms with Crippen LogP contribution in [0.25, 0.3) is 0 Å². The first-order valence-electron chi connectivity index (χ1n) is 7.90. The SMILES string of the molecule is O=C(OCc1ccccc1Cl)c1ccc(Oc2cc(C(F)(F)F)ncn2)cc1. The molecular weight excluding hydrogens is 397 g/mol. The molecule has 0 bridgehead atoms. The van der Waals surface area contributed by atoms with E-state index in [2.05, 4.69) is 9.97 Å². The minimum atomic E-state index is -4.60. The van der Waals surface area contributed by atoms with Crippen LogP contribution in [-0.4, -0.2) is 15.9 Å². The Morgan fingerprint density at radius 1 is 1.04 bits per heavy atom. The first kappa shape index (κ1) is 19.6. The summed E-state index contributed by atoms with van der Waals surface area (Å²) in [6.45, 7) is 0.0118. The molecule has 0 saturated heterocycles. The zero-order valence-electron chi connectivity index (χ0n) is 14.1. The highest BCUT2D eigenvalue weighted by Crippen LogP contribution is 2.30. The summed E-state index contributed by atoms with van der Waals surface area (Å²) < 4.78 is 48.5. The quantitative estimate of drug-likeness (QED) is 0.536. The van der Waals surface area contributed by atoms with Crippen molar-refractivity contribution in [3.8, 4) is 11.6 Å². The lowest BCUT2D eigenvalue weighted by Gasteiger charge is -2.09. The van der Waals surface area contributed by atoms with Gasteiger partial charge in [-0.1, -0.05) is 29.8 Å². The van der Waals surface area contributed by atoms with Crippen LogP contribution in [0.1, 0.15) is 21.6 Å². The second-order valence-electron chi connectivity index (χ2n) is 5.53. The Bertz CT molecular complexity index is 979. The molecule has 144 valence electrons. The smallest absolute Gasteiger partial charge is 0.433 e. The van der Waals surface area contributed by atoms with Gasteiger partial charge in [-0.3, -0.25) is 0 Å². The Kier molecular flexibility index (Phi) is 5.79. The largest absolute Gasteiger partial charge is 0.457 e. The summed E-state index contributed by atoms with van der Waals surface area (Å²) in [7, 11) is 0. The third-order valence-corrected chi connectivity index (χ3v) is 3.93. The third kappa shape index (κ3) is 4.98. The van der Waals surface area contributed by atoms with Gasteiger partial charge in [0.15, 0.2) is 5.69 Å². The predicted molar refractivity (Wildman–Crippen MR) is 94.1 cm³/mol. The minimum absolute atomic E-state index is 0.0118. The fourth-order valence-corrected chi connectivity index (χ4v) is 2.36. The Labute approximate surface area is 162 Å². The van der Waals surface area contributed by atoms with Gasteiger partial charge in [0, 0.05) is 16.7 Å². The molecule has 0 fully saturated rings. The number of aromatic nitrogens is 2. The van der Waals surface area contributed by atoms with Crippen LogP contribution in [-0.2, 0) is 17.5 Å². The average Bonchev–Trinajstić information content (AvgIpc) is 2.67. The van der Waals surface area contributed by atoms with E-state index in [1.165, 1.54) is 24.3 Å². The van der Waals surface area contributed by atoms with E-state index in [0.29, 0.717) is 16.7 Å². The number of carbonyl (C=O) groups is 1. The Hall–Kier alpha value is -3.13. The number of nitrogens with zero attached hydrogens (tertiary/aromatic N) is 2. The van der Waals surface area contributed by atoms with Crippen molar-refractivity contribution < 1.29 is 27.4 Å². The van der Waals surface area contributed by atoms with Crippen LogP contribution < -0.4 is 4.74 Å². The Balaban J connectivity index is 1.63. The number of esters is 1. The monoisotopic (exact) mass is 408 g/mol. The van der Waals surface area contributed by atoms with Crippen molar-refractivity contribution in [1.82, 2.24) is 9.97 Å². The number of alkyl halides is 3. The second-order valence-corrected chi connectivity index (χ2v) is 5.94. The van der Waals surface area contributed by atoms with Gasteiger partial charge < -0.3 is 9.47 Å². The summed E-state index contributed by atoms with van der Waals surface area (Å²) >= 11 is 6.00. The van der Waals surface area contributed by atoms with Gasteiger partial charge in [-0.2, -0.15) is 13.2 Å². The van der Waals surface area contributed by atoms with E-state index in [1.807, 2.05) is 0 Å². The lowest BCUT2D eigenvalue weighted by atomic mass is 10.2. The molecule has 0 aliphatic carbocycles. The summed E-state index contributed by atoms with van der Waals surface area (Å²) in [6.07, 6.45) is -3.84. The van der Waals surface area contributed by atoms with Gasteiger partial charge in [0.25, 0.3) is 0 Å². The summed E-state index contributed by atoms with van der Waals surface area (Å²) in [4.78, 5) is 18.9. The van der Waals surface area contributed by atoms with Crippen molar-refractivity contribution in [3.05, 3.63) is 82.8 Å². The van der Waals surface area contributed by atoms with Gasteiger partial charge in [-0.25, -0.2) is 14.8 Å². The van der Waals surface area contributed by atoms with Crippen LogP contribution in [0.5, 0.6) is 11.6 Å². The van der Waals surface area contributed by atoms with Crippen molar-refractivity contribution in [1.29, 1.82) is 0 Å². The number of halogens is 4. The minimum Gasteiger partial charge on any atom is -0.457 e. The maximum absolute atomic E-state index is 12.7. The third-order valence-electron chi connectivity index (χ3n) is 3.56. The summed E-state index contributed by atoms with van der Waals surface area (Å²) in [5.41, 5.74) is -0.197. The van der Waals surface area contributed by atoms with Gasteiger partial charge in [0.1, 0.15) is 18.7 Å². The van der Waals surface area contributed by atoms with Gasteiger partial charge in [0.05, 0.1) is 5.56 Å². The number of carbonyl (C=O) groups excluding carboxylic acids is 1. The number of hydrogen-bond donors (Lipinski definition) is 0. The van der Waals surface area contributed by atoms with Crippen molar-refractivity contribution in [2.24, 2.45) is 0 Å². The molecule has 5 nitrogen and oxygen atoms in total. The summed E-state index contributed by atoms with van der Waals surface area (Å²) in [5, 5.41) is 0.488. The molecule has 1 heterocycles. The molecule has 3 rings (SSSR count). The lowest BCUT2D eigenvalue weighted by molar-refractivity contribution is -0.141. The van der Waals surface area contributed by atoms with E-state index in [4.69, 9.17) is 21.1 Å². The normalized spacial score (nSPS) is 11.1. The number of ether oxygens (including phenoxy) is 2. The van der Waals surface area contributed by atoms with Crippen LogP contribution in [0.4, 0.5) is 13.2 Å². The first-order valence-corrected chi connectivity index (χ1v) is 8.28. The predicted octanol–water partition coefficient (Wildman–Crippen LogP) is 5.30.